The number of carbonyl (C=O) groups excluding carboxylic acids is 1. The van der Waals surface area contributed by atoms with Gasteiger partial charge in [-0.25, -0.2) is 13.4 Å². The molecule has 2 aromatic rings. The van der Waals surface area contributed by atoms with Crippen LogP contribution in [0.25, 0.3) is 10.6 Å². The van der Waals surface area contributed by atoms with Crippen LogP contribution in [0.3, 0.4) is 0 Å². The van der Waals surface area contributed by atoms with Crippen molar-refractivity contribution in [2.45, 2.75) is 38.4 Å². The van der Waals surface area contributed by atoms with Crippen molar-refractivity contribution in [2.75, 3.05) is 11.1 Å². The molecule has 1 aliphatic heterocycles. The maximum Gasteiger partial charge on any atom is 0.251 e. The summed E-state index contributed by atoms with van der Waals surface area (Å²) in [6, 6.07) is 0. The van der Waals surface area contributed by atoms with Gasteiger partial charge < -0.3 is 5.32 Å². The third-order valence-corrected chi connectivity index (χ3v) is 8.36. The third-order valence-electron chi connectivity index (χ3n) is 4.50. The molecule has 0 bridgehead atoms. The van der Waals surface area contributed by atoms with E-state index in [-0.39, 0.29) is 17.4 Å². The molecule has 5 nitrogen and oxygen atoms in total. The predicted molar refractivity (Wildman–Crippen MR) is 102 cm³/mol. The lowest BCUT2D eigenvalue weighted by atomic mass is 10.1. The van der Waals surface area contributed by atoms with Crippen LogP contribution in [0.4, 0.5) is 5.00 Å². The number of hydrogen-bond acceptors (Lipinski definition) is 6. The second-order valence-electron chi connectivity index (χ2n) is 6.42. The molecule has 0 spiro atoms. The fourth-order valence-electron chi connectivity index (χ4n) is 3.27. The molecule has 0 saturated carbocycles. The number of rotatable bonds is 3. The van der Waals surface area contributed by atoms with E-state index in [1.54, 1.807) is 0 Å². The van der Waals surface area contributed by atoms with Crippen molar-refractivity contribution in [1.29, 1.82) is 0 Å². The van der Waals surface area contributed by atoms with Gasteiger partial charge in [-0.3, -0.25) is 4.79 Å². The fourth-order valence-corrected chi connectivity index (χ4v) is 7.25. The van der Waals surface area contributed by atoms with E-state index in [0.29, 0.717) is 6.42 Å². The van der Waals surface area contributed by atoms with E-state index in [1.165, 1.54) is 22.7 Å². The number of hydrogen-bond donors (Lipinski definition) is 1. The monoisotopic (exact) mass is 394 g/mol. The first kappa shape index (κ1) is 16.9. The average molecular weight is 395 g/mol. The molecule has 1 N–H and O–H groups in total. The topological polar surface area (TPSA) is 76.1 Å². The number of allylic oxidation sites excluding steroid dienone is 1. The van der Waals surface area contributed by atoms with Crippen molar-refractivity contribution in [3.05, 3.63) is 33.2 Å². The van der Waals surface area contributed by atoms with E-state index >= 15 is 0 Å². The number of anilines is 1. The minimum Gasteiger partial charge on any atom is -0.313 e. The van der Waals surface area contributed by atoms with Crippen LogP contribution in [-0.2, 0) is 26.8 Å². The van der Waals surface area contributed by atoms with E-state index in [0.717, 1.165) is 56.5 Å². The summed E-state index contributed by atoms with van der Waals surface area (Å²) in [5.41, 5.74) is 3.70. The van der Waals surface area contributed by atoms with Gasteiger partial charge in [0.25, 0.3) is 5.91 Å². The van der Waals surface area contributed by atoms with Gasteiger partial charge in [-0.15, -0.1) is 22.7 Å². The van der Waals surface area contributed by atoms with Crippen molar-refractivity contribution < 1.29 is 13.2 Å². The molecule has 132 valence electrons. The minimum atomic E-state index is -3.05. The average Bonchev–Trinajstić information content (AvgIpc) is 3.25. The molecule has 0 unspecified atom stereocenters. The van der Waals surface area contributed by atoms with Crippen LogP contribution >= 0.6 is 22.7 Å². The number of thiazole rings is 1. The van der Waals surface area contributed by atoms with Gasteiger partial charge >= 0.3 is 0 Å². The Morgan fingerprint density at radius 3 is 2.84 bits per heavy atom. The highest BCUT2D eigenvalue weighted by molar-refractivity contribution is 7.90. The van der Waals surface area contributed by atoms with Crippen molar-refractivity contribution in [2.24, 2.45) is 0 Å². The Kier molecular flexibility index (Phi) is 4.29. The maximum atomic E-state index is 12.5. The summed E-state index contributed by atoms with van der Waals surface area (Å²) in [5.74, 6) is 0.142. The molecule has 0 radical (unpaired) electrons. The standard InChI is InChI=1S/C17H18N2O3S3/c1-10-8-23-16(18-10)14-12-6-7-25(21,22)9-13(12)24-17(14)19-15(20)11-4-2-3-5-11/h4,8H,2-3,5-7,9H2,1H3,(H,19,20). The summed E-state index contributed by atoms with van der Waals surface area (Å²) in [6.45, 7) is 1.94. The van der Waals surface area contributed by atoms with Gasteiger partial charge in [0.2, 0.25) is 0 Å². The summed E-state index contributed by atoms with van der Waals surface area (Å²) in [6.07, 6.45) is 5.24. The molecule has 4 rings (SSSR count). The molecule has 8 heteroatoms. The first-order chi connectivity index (χ1) is 11.9. The summed E-state index contributed by atoms with van der Waals surface area (Å²) < 4.78 is 24.0. The van der Waals surface area contributed by atoms with Crippen LogP contribution in [0.2, 0.25) is 0 Å². The van der Waals surface area contributed by atoms with E-state index < -0.39 is 9.84 Å². The zero-order chi connectivity index (χ0) is 17.6. The van der Waals surface area contributed by atoms with Gasteiger partial charge in [0.15, 0.2) is 9.84 Å². The van der Waals surface area contributed by atoms with Crippen LogP contribution in [0.5, 0.6) is 0 Å². The van der Waals surface area contributed by atoms with E-state index in [4.69, 9.17) is 0 Å². The number of carbonyl (C=O) groups is 1. The lowest BCUT2D eigenvalue weighted by Crippen LogP contribution is -2.17. The summed E-state index contributed by atoms with van der Waals surface area (Å²) in [4.78, 5) is 17.9. The van der Waals surface area contributed by atoms with E-state index in [1.807, 2.05) is 18.4 Å². The molecule has 1 amide bonds. The van der Waals surface area contributed by atoms with E-state index in [9.17, 15) is 13.2 Å². The predicted octanol–water partition coefficient (Wildman–Crippen LogP) is 3.70. The number of aromatic nitrogens is 1. The second-order valence-corrected chi connectivity index (χ2v) is 10.6. The first-order valence-electron chi connectivity index (χ1n) is 8.21. The van der Waals surface area contributed by atoms with Crippen LogP contribution in [-0.4, -0.2) is 25.1 Å². The molecule has 0 fully saturated rings. The molecule has 0 atom stereocenters. The number of amides is 1. The number of nitrogens with zero attached hydrogens (tertiary/aromatic N) is 1. The van der Waals surface area contributed by atoms with Crippen LogP contribution < -0.4 is 5.32 Å². The molecule has 25 heavy (non-hydrogen) atoms. The molecule has 1 aliphatic carbocycles. The van der Waals surface area contributed by atoms with Gasteiger partial charge in [-0.05, 0) is 38.2 Å². The zero-order valence-electron chi connectivity index (χ0n) is 13.8. The zero-order valence-corrected chi connectivity index (χ0v) is 16.2. The summed E-state index contributed by atoms with van der Waals surface area (Å²) >= 11 is 2.92. The molecule has 2 aliphatic rings. The highest BCUT2D eigenvalue weighted by Gasteiger charge is 2.30. The lowest BCUT2D eigenvalue weighted by Gasteiger charge is -2.13. The Labute approximate surface area is 154 Å². The fraction of sp³-hybridized carbons (Fsp3) is 0.412. The Bertz CT molecular complexity index is 983. The lowest BCUT2D eigenvalue weighted by molar-refractivity contribution is -0.112. The largest absolute Gasteiger partial charge is 0.313 e. The smallest absolute Gasteiger partial charge is 0.251 e. The van der Waals surface area contributed by atoms with Crippen LogP contribution in [0.15, 0.2) is 17.0 Å². The first-order valence-corrected chi connectivity index (χ1v) is 11.7. The second kappa shape index (κ2) is 6.34. The van der Waals surface area contributed by atoms with Crippen molar-refractivity contribution >= 4 is 43.4 Å². The van der Waals surface area contributed by atoms with Gasteiger partial charge in [-0.2, -0.15) is 0 Å². The third kappa shape index (κ3) is 3.30. The quantitative estimate of drug-likeness (QED) is 0.861. The molecule has 3 heterocycles. The number of nitrogens with one attached hydrogen (secondary N) is 1. The minimum absolute atomic E-state index is 0.0585. The van der Waals surface area contributed by atoms with Gasteiger partial charge in [0, 0.05) is 27.1 Å². The van der Waals surface area contributed by atoms with Gasteiger partial charge in [-0.1, -0.05) is 6.08 Å². The number of aryl methyl sites for hydroxylation is 1. The van der Waals surface area contributed by atoms with E-state index in [2.05, 4.69) is 10.3 Å². The number of fused-ring (bicyclic) bond motifs is 1. The van der Waals surface area contributed by atoms with Crippen LogP contribution in [0, 0.1) is 6.92 Å². The summed E-state index contributed by atoms with van der Waals surface area (Å²) in [5, 5.41) is 6.59. The normalized spacial score (nSPS) is 18.7. The Morgan fingerprint density at radius 2 is 2.16 bits per heavy atom. The SMILES string of the molecule is Cc1csc(-c2c(NC(=O)C3=CCCC3)sc3c2CCS(=O)(=O)C3)n1. The Morgan fingerprint density at radius 1 is 1.32 bits per heavy atom. The van der Waals surface area contributed by atoms with Crippen molar-refractivity contribution in [3.8, 4) is 10.6 Å². The number of sulfone groups is 1. The Balaban J connectivity index is 1.77. The highest BCUT2D eigenvalue weighted by Crippen LogP contribution is 2.45. The van der Waals surface area contributed by atoms with Crippen molar-refractivity contribution in [3.63, 3.8) is 0 Å². The molecule has 0 saturated heterocycles. The van der Waals surface area contributed by atoms with Gasteiger partial charge in [0.1, 0.15) is 10.0 Å². The molecule has 0 aromatic carbocycles. The molecular weight excluding hydrogens is 376 g/mol. The maximum absolute atomic E-state index is 12.5. The highest BCUT2D eigenvalue weighted by atomic mass is 32.2. The molecular formula is C17H18N2O3S3. The summed E-state index contributed by atoms with van der Waals surface area (Å²) in [7, 11) is -3.05. The Hall–Kier alpha value is -1.51. The van der Waals surface area contributed by atoms with Gasteiger partial charge in [0.05, 0.1) is 11.5 Å². The van der Waals surface area contributed by atoms with Crippen LogP contribution in [0.1, 0.15) is 35.4 Å². The number of thiophene rings is 1. The molecule has 2 aromatic heterocycles. The van der Waals surface area contributed by atoms with Crippen molar-refractivity contribution in [1.82, 2.24) is 4.98 Å².